The van der Waals surface area contributed by atoms with Crippen LogP contribution >= 0.6 is 15.9 Å². The van der Waals surface area contributed by atoms with Crippen LogP contribution in [0.1, 0.15) is 12.5 Å². The van der Waals surface area contributed by atoms with Gasteiger partial charge in [-0.2, -0.15) is 0 Å². The van der Waals surface area contributed by atoms with Crippen LogP contribution < -0.4 is 4.90 Å². The van der Waals surface area contributed by atoms with Crippen LogP contribution in [-0.4, -0.2) is 30.8 Å². The van der Waals surface area contributed by atoms with E-state index in [4.69, 9.17) is 4.74 Å². The van der Waals surface area contributed by atoms with Crippen LogP contribution in [0.25, 0.3) is 0 Å². The van der Waals surface area contributed by atoms with E-state index in [1.54, 1.807) is 0 Å². The quantitative estimate of drug-likeness (QED) is 0.771. The largest absolute Gasteiger partial charge is 0.375 e. The van der Waals surface area contributed by atoms with Gasteiger partial charge in [0, 0.05) is 24.6 Å². The molecule has 0 amide bonds. The van der Waals surface area contributed by atoms with Crippen molar-refractivity contribution in [3.05, 3.63) is 23.9 Å². The number of rotatable bonds is 2. The lowest BCUT2D eigenvalue weighted by Crippen LogP contribution is -2.41. The normalized spacial score (nSPS) is 21.7. The first-order chi connectivity index (χ1) is 7.29. The molecule has 0 N–H and O–H groups in total. The zero-order chi connectivity index (χ0) is 10.7. The number of pyridine rings is 1. The monoisotopic (exact) mass is 270 g/mol. The van der Waals surface area contributed by atoms with Gasteiger partial charge in [-0.25, -0.2) is 4.98 Å². The molecule has 1 aromatic rings. The van der Waals surface area contributed by atoms with Gasteiger partial charge >= 0.3 is 0 Å². The summed E-state index contributed by atoms with van der Waals surface area (Å²) in [6, 6.07) is 4.19. The van der Waals surface area contributed by atoms with Crippen LogP contribution in [0.15, 0.2) is 18.3 Å². The van der Waals surface area contributed by atoms with Crippen molar-refractivity contribution in [2.45, 2.75) is 18.4 Å². The van der Waals surface area contributed by atoms with Crippen LogP contribution in [0.3, 0.4) is 0 Å². The number of halogens is 1. The van der Waals surface area contributed by atoms with Gasteiger partial charge in [0.15, 0.2) is 0 Å². The van der Waals surface area contributed by atoms with Gasteiger partial charge < -0.3 is 9.64 Å². The molecule has 0 spiro atoms. The Labute approximate surface area is 98.6 Å². The Morgan fingerprint density at radius 1 is 1.60 bits per heavy atom. The molecule has 4 heteroatoms. The van der Waals surface area contributed by atoms with Crippen molar-refractivity contribution in [1.29, 1.82) is 0 Å². The molecule has 1 fully saturated rings. The van der Waals surface area contributed by atoms with Crippen LogP contribution in [0.5, 0.6) is 0 Å². The standard InChI is InChI=1S/C11H15BrN2O/c1-9-8-14(4-5-15-9)11-3-2-10(6-12)7-13-11/h2-3,7,9H,4-6,8H2,1H3. The lowest BCUT2D eigenvalue weighted by Gasteiger charge is -2.32. The van der Waals surface area contributed by atoms with Crippen molar-refractivity contribution < 1.29 is 4.74 Å². The van der Waals surface area contributed by atoms with Crippen molar-refractivity contribution in [3.63, 3.8) is 0 Å². The van der Waals surface area contributed by atoms with Crippen LogP contribution in [0.2, 0.25) is 0 Å². The second kappa shape index (κ2) is 4.94. The summed E-state index contributed by atoms with van der Waals surface area (Å²) in [5.74, 6) is 1.05. The Morgan fingerprint density at radius 3 is 3.07 bits per heavy atom. The molecule has 0 bridgehead atoms. The van der Waals surface area contributed by atoms with E-state index in [9.17, 15) is 0 Å². The number of ether oxygens (including phenoxy) is 1. The predicted molar refractivity (Wildman–Crippen MR) is 64.5 cm³/mol. The summed E-state index contributed by atoms with van der Waals surface area (Å²) in [6.07, 6.45) is 2.22. The third kappa shape index (κ3) is 2.69. The van der Waals surface area contributed by atoms with Gasteiger partial charge in [-0.3, -0.25) is 0 Å². The smallest absolute Gasteiger partial charge is 0.128 e. The number of anilines is 1. The van der Waals surface area contributed by atoms with Gasteiger partial charge in [0.1, 0.15) is 5.82 Å². The number of hydrogen-bond donors (Lipinski definition) is 0. The first-order valence-electron chi connectivity index (χ1n) is 5.17. The molecule has 0 aliphatic carbocycles. The summed E-state index contributed by atoms with van der Waals surface area (Å²) >= 11 is 3.41. The Balaban J connectivity index is 2.07. The molecule has 0 radical (unpaired) electrons. The Morgan fingerprint density at radius 2 is 2.47 bits per heavy atom. The fourth-order valence-electron chi connectivity index (χ4n) is 1.71. The van der Waals surface area contributed by atoms with Gasteiger partial charge in [-0.15, -0.1) is 0 Å². The lowest BCUT2D eigenvalue weighted by molar-refractivity contribution is 0.0529. The molecular formula is C11H15BrN2O. The number of aromatic nitrogens is 1. The summed E-state index contributed by atoms with van der Waals surface area (Å²) in [5, 5.41) is 0.861. The summed E-state index contributed by atoms with van der Waals surface area (Å²) in [7, 11) is 0. The van der Waals surface area contributed by atoms with E-state index in [2.05, 4.69) is 44.9 Å². The maximum atomic E-state index is 5.50. The maximum Gasteiger partial charge on any atom is 0.128 e. The van der Waals surface area contributed by atoms with Crippen molar-refractivity contribution >= 4 is 21.7 Å². The molecule has 2 rings (SSSR count). The highest BCUT2D eigenvalue weighted by atomic mass is 79.9. The molecule has 82 valence electrons. The highest BCUT2D eigenvalue weighted by molar-refractivity contribution is 9.08. The molecule has 1 atom stereocenters. The molecule has 1 aliphatic rings. The van der Waals surface area contributed by atoms with Crippen molar-refractivity contribution in [1.82, 2.24) is 4.98 Å². The Kier molecular flexibility index (Phi) is 3.59. The van der Waals surface area contributed by atoms with E-state index in [0.29, 0.717) is 6.10 Å². The predicted octanol–water partition coefficient (Wildman–Crippen LogP) is 2.20. The fraction of sp³-hybridized carbons (Fsp3) is 0.545. The average Bonchev–Trinajstić information content (AvgIpc) is 2.29. The number of hydrogen-bond acceptors (Lipinski definition) is 3. The van der Waals surface area contributed by atoms with Crippen molar-refractivity contribution in [2.24, 2.45) is 0 Å². The SMILES string of the molecule is CC1CN(c2ccc(CBr)cn2)CCO1. The number of alkyl halides is 1. The van der Waals surface area contributed by atoms with Crippen molar-refractivity contribution in [2.75, 3.05) is 24.6 Å². The molecular weight excluding hydrogens is 256 g/mol. The third-order valence-electron chi connectivity index (χ3n) is 2.53. The van der Waals surface area contributed by atoms with E-state index in [1.165, 1.54) is 5.56 Å². The Bertz CT molecular complexity index is 315. The van der Waals surface area contributed by atoms with Crippen LogP contribution in [-0.2, 0) is 10.1 Å². The zero-order valence-corrected chi connectivity index (χ0v) is 10.4. The minimum absolute atomic E-state index is 0.302. The van der Waals surface area contributed by atoms with Gasteiger partial charge in [0.05, 0.1) is 12.7 Å². The van der Waals surface area contributed by atoms with E-state index in [-0.39, 0.29) is 0 Å². The molecule has 1 aliphatic heterocycles. The van der Waals surface area contributed by atoms with E-state index >= 15 is 0 Å². The zero-order valence-electron chi connectivity index (χ0n) is 8.82. The van der Waals surface area contributed by atoms with Gasteiger partial charge in [0.2, 0.25) is 0 Å². The minimum Gasteiger partial charge on any atom is -0.375 e. The fourth-order valence-corrected chi connectivity index (χ4v) is 2.04. The molecule has 0 saturated carbocycles. The minimum atomic E-state index is 0.302. The molecule has 1 unspecified atom stereocenters. The van der Waals surface area contributed by atoms with E-state index in [1.807, 2.05) is 6.20 Å². The van der Waals surface area contributed by atoms with Crippen molar-refractivity contribution in [3.8, 4) is 0 Å². The summed E-state index contributed by atoms with van der Waals surface area (Å²) < 4.78 is 5.50. The summed E-state index contributed by atoms with van der Waals surface area (Å²) in [4.78, 5) is 6.72. The number of morpholine rings is 1. The number of nitrogens with zero attached hydrogens (tertiary/aromatic N) is 2. The average molecular weight is 271 g/mol. The van der Waals surface area contributed by atoms with E-state index in [0.717, 1.165) is 30.8 Å². The molecule has 15 heavy (non-hydrogen) atoms. The second-order valence-corrected chi connectivity index (χ2v) is 4.35. The molecule has 2 heterocycles. The van der Waals surface area contributed by atoms with Gasteiger partial charge in [-0.05, 0) is 18.6 Å². The highest BCUT2D eigenvalue weighted by Crippen LogP contribution is 2.16. The first kappa shape index (κ1) is 10.9. The molecule has 3 nitrogen and oxygen atoms in total. The molecule has 1 saturated heterocycles. The topological polar surface area (TPSA) is 25.4 Å². The molecule has 1 aromatic heterocycles. The first-order valence-corrected chi connectivity index (χ1v) is 6.29. The Hall–Kier alpha value is -0.610. The van der Waals surface area contributed by atoms with Gasteiger partial charge in [0.25, 0.3) is 0 Å². The van der Waals surface area contributed by atoms with Gasteiger partial charge in [-0.1, -0.05) is 22.0 Å². The third-order valence-corrected chi connectivity index (χ3v) is 3.18. The second-order valence-electron chi connectivity index (χ2n) is 3.79. The highest BCUT2D eigenvalue weighted by Gasteiger charge is 2.17. The lowest BCUT2D eigenvalue weighted by atomic mass is 10.2. The summed E-state index contributed by atoms with van der Waals surface area (Å²) in [5.41, 5.74) is 1.21. The summed E-state index contributed by atoms with van der Waals surface area (Å²) in [6.45, 7) is 4.76. The van der Waals surface area contributed by atoms with Crippen LogP contribution in [0.4, 0.5) is 5.82 Å². The maximum absolute atomic E-state index is 5.50. The molecule has 0 aromatic carbocycles. The van der Waals surface area contributed by atoms with Crippen LogP contribution in [0, 0.1) is 0 Å². The van der Waals surface area contributed by atoms with E-state index < -0.39 is 0 Å².